The van der Waals surface area contributed by atoms with Gasteiger partial charge in [0.15, 0.2) is 0 Å². The van der Waals surface area contributed by atoms with Gasteiger partial charge in [-0.1, -0.05) is 12.8 Å². The summed E-state index contributed by atoms with van der Waals surface area (Å²) < 4.78 is 5.49. The Bertz CT molecular complexity index is 263. The second-order valence-corrected chi connectivity index (χ2v) is 5.37. The molecule has 4 heteroatoms. The van der Waals surface area contributed by atoms with Crippen LogP contribution in [-0.2, 0) is 9.53 Å². The van der Waals surface area contributed by atoms with E-state index in [-0.39, 0.29) is 24.2 Å². The van der Waals surface area contributed by atoms with Gasteiger partial charge < -0.3 is 15.2 Å². The number of carbonyl (C=O) groups excluding carboxylic acids is 1. The molecule has 1 amide bonds. The molecule has 4 nitrogen and oxygen atoms in total. The van der Waals surface area contributed by atoms with E-state index in [0.717, 1.165) is 25.7 Å². The fourth-order valence-corrected chi connectivity index (χ4v) is 2.82. The van der Waals surface area contributed by atoms with Crippen LogP contribution in [-0.4, -0.2) is 35.9 Å². The molecular weight excluding hydrogens is 218 g/mol. The highest BCUT2D eigenvalue weighted by atomic mass is 16.5. The smallest absolute Gasteiger partial charge is 0.249 e. The highest BCUT2D eigenvalue weighted by Gasteiger charge is 2.29. The molecule has 3 atom stereocenters. The molecule has 1 aliphatic carbocycles. The van der Waals surface area contributed by atoms with Crippen LogP contribution in [0.1, 0.15) is 45.4 Å². The molecule has 0 aromatic carbocycles. The van der Waals surface area contributed by atoms with Crippen LogP contribution in [0.3, 0.4) is 0 Å². The lowest BCUT2D eigenvalue weighted by Gasteiger charge is -2.19. The quantitative estimate of drug-likeness (QED) is 0.778. The number of rotatable bonds is 4. The van der Waals surface area contributed by atoms with E-state index in [0.29, 0.717) is 12.5 Å². The van der Waals surface area contributed by atoms with Crippen molar-refractivity contribution < 1.29 is 14.6 Å². The first-order chi connectivity index (χ1) is 8.16. The molecule has 2 N–H and O–H groups in total. The number of amides is 1. The summed E-state index contributed by atoms with van der Waals surface area (Å²) in [6.07, 6.45) is 5.84. The number of aliphatic hydroxyl groups is 1. The van der Waals surface area contributed by atoms with Crippen LogP contribution in [0.25, 0.3) is 0 Å². The van der Waals surface area contributed by atoms with Crippen molar-refractivity contribution in [3.8, 4) is 0 Å². The third-order valence-corrected chi connectivity index (χ3v) is 3.95. The van der Waals surface area contributed by atoms with Gasteiger partial charge in [0, 0.05) is 6.54 Å². The molecule has 1 saturated heterocycles. The van der Waals surface area contributed by atoms with Crippen molar-refractivity contribution in [2.24, 2.45) is 5.92 Å². The minimum atomic E-state index is -0.389. The summed E-state index contributed by atoms with van der Waals surface area (Å²) in [5.41, 5.74) is 0. The summed E-state index contributed by atoms with van der Waals surface area (Å²) in [7, 11) is 0. The standard InChI is InChI=1S/C13H23NO3/c1-9-6-7-12(17-9)13(16)14-8-11(15)10-4-2-3-5-10/h9-12,15H,2-8H2,1H3,(H,14,16). The Kier molecular flexibility index (Phi) is 4.40. The van der Waals surface area contributed by atoms with Crippen molar-refractivity contribution in [3.05, 3.63) is 0 Å². The van der Waals surface area contributed by atoms with Gasteiger partial charge in [0.1, 0.15) is 6.10 Å². The predicted octanol–water partition coefficient (Wildman–Crippen LogP) is 1.22. The first-order valence-corrected chi connectivity index (χ1v) is 6.78. The Morgan fingerprint density at radius 2 is 2.06 bits per heavy atom. The van der Waals surface area contributed by atoms with Gasteiger partial charge in [-0.2, -0.15) is 0 Å². The lowest BCUT2D eigenvalue weighted by Crippen LogP contribution is -2.40. The number of ether oxygens (including phenoxy) is 1. The zero-order valence-electron chi connectivity index (χ0n) is 10.5. The SMILES string of the molecule is CC1CCC(C(=O)NCC(O)C2CCCC2)O1. The number of nitrogens with one attached hydrogen (secondary N) is 1. The second-order valence-electron chi connectivity index (χ2n) is 5.37. The van der Waals surface area contributed by atoms with E-state index in [1.165, 1.54) is 12.8 Å². The number of hydrogen-bond acceptors (Lipinski definition) is 3. The van der Waals surface area contributed by atoms with Gasteiger partial charge in [0.25, 0.3) is 0 Å². The second kappa shape index (κ2) is 5.83. The van der Waals surface area contributed by atoms with Crippen molar-refractivity contribution in [1.82, 2.24) is 5.32 Å². The minimum Gasteiger partial charge on any atom is -0.391 e. The fourth-order valence-electron chi connectivity index (χ4n) is 2.82. The molecule has 0 spiro atoms. The van der Waals surface area contributed by atoms with Crippen molar-refractivity contribution in [2.45, 2.75) is 63.8 Å². The van der Waals surface area contributed by atoms with Gasteiger partial charge in [-0.05, 0) is 38.5 Å². The Labute approximate surface area is 103 Å². The van der Waals surface area contributed by atoms with Crippen LogP contribution in [0, 0.1) is 5.92 Å². The monoisotopic (exact) mass is 241 g/mol. The average Bonchev–Trinajstić information content (AvgIpc) is 2.95. The van der Waals surface area contributed by atoms with E-state index in [1.54, 1.807) is 0 Å². The minimum absolute atomic E-state index is 0.0635. The van der Waals surface area contributed by atoms with Gasteiger partial charge in [0.2, 0.25) is 5.91 Å². The van der Waals surface area contributed by atoms with E-state index in [1.807, 2.05) is 6.92 Å². The summed E-state index contributed by atoms with van der Waals surface area (Å²) in [4.78, 5) is 11.8. The van der Waals surface area contributed by atoms with Gasteiger partial charge in [0.05, 0.1) is 12.2 Å². The summed E-state index contributed by atoms with van der Waals surface area (Å²) in [6.45, 7) is 2.36. The van der Waals surface area contributed by atoms with Crippen molar-refractivity contribution in [1.29, 1.82) is 0 Å². The molecule has 0 aromatic rings. The van der Waals surface area contributed by atoms with E-state index in [4.69, 9.17) is 4.74 Å². The third-order valence-electron chi connectivity index (χ3n) is 3.95. The van der Waals surface area contributed by atoms with Crippen LogP contribution in [0.2, 0.25) is 0 Å². The maximum absolute atomic E-state index is 11.8. The molecule has 1 saturated carbocycles. The lowest BCUT2D eigenvalue weighted by molar-refractivity contribution is -0.132. The van der Waals surface area contributed by atoms with Crippen LogP contribution in [0.4, 0.5) is 0 Å². The average molecular weight is 241 g/mol. The third kappa shape index (κ3) is 3.42. The topological polar surface area (TPSA) is 58.6 Å². The Morgan fingerprint density at radius 3 is 2.65 bits per heavy atom. The molecule has 3 unspecified atom stereocenters. The van der Waals surface area contributed by atoms with Gasteiger partial charge in [-0.25, -0.2) is 0 Å². The molecule has 0 aromatic heterocycles. The number of carbonyl (C=O) groups is 1. The zero-order chi connectivity index (χ0) is 12.3. The molecular formula is C13H23NO3. The summed E-state index contributed by atoms with van der Waals surface area (Å²) in [5.74, 6) is 0.310. The molecule has 0 bridgehead atoms. The van der Waals surface area contributed by atoms with E-state index >= 15 is 0 Å². The zero-order valence-corrected chi connectivity index (χ0v) is 10.5. The lowest BCUT2D eigenvalue weighted by atomic mass is 10.0. The molecule has 2 fully saturated rings. The first-order valence-electron chi connectivity index (χ1n) is 6.78. The van der Waals surface area contributed by atoms with E-state index in [9.17, 15) is 9.90 Å². The predicted molar refractivity (Wildman–Crippen MR) is 64.5 cm³/mol. The molecule has 1 heterocycles. The number of hydrogen-bond donors (Lipinski definition) is 2. The molecule has 1 aliphatic heterocycles. The van der Waals surface area contributed by atoms with Crippen LogP contribution in [0.5, 0.6) is 0 Å². The summed E-state index contributed by atoms with van der Waals surface area (Å²) in [6, 6.07) is 0. The Morgan fingerprint density at radius 1 is 1.35 bits per heavy atom. The highest BCUT2D eigenvalue weighted by Crippen LogP contribution is 2.27. The van der Waals surface area contributed by atoms with E-state index < -0.39 is 0 Å². The largest absolute Gasteiger partial charge is 0.391 e. The normalized spacial score (nSPS) is 31.6. The van der Waals surface area contributed by atoms with Crippen LogP contribution >= 0.6 is 0 Å². The number of aliphatic hydroxyl groups excluding tert-OH is 1. The van der Waals surface area contributed by atoms with Gasteiger partial charge in [-0.15, -0.1) is 0 Å². The van der Waals surface area contributed by atoms with Crippen LogP contribution < -0.4 is 5.32 Å². The molecule has 2 aliphatic rings. The van der Waals surface area contributed by atoms with Crippen molar-refractivity contribution >= 4 is 5.91 Å². The summed E-state index contributed by atoms with van der Waals surface area (Å²) in [5, 5.41) is 12.7. The summed E-state index contributed by atoms with van der Waals surface area (Å²) >= 11 is 0. The van der Waals surface area contributed by atoms with Crippen molar-refractivity contribution in [3.63, 3.8) is 0 Å². The van der Waals surface area contributed by atoms with Crippen LogP contribution in [0.15, 0.2) is 0 Å². The Balaban J connectivity index is 1.68. The first kappa shape index (κ1) is 12.8. The fraction of sp³-hybridized carbons (Fsp3) is 0.923. The molecule has 2 rings (SSSR count). The molecule has 0 radical (unpaired) electrons. The molecule has 98 valence electrons. The highest BCUT2D eigenvalue weighted by molar-refractivity contribution is 5.81. The maximum Gasteiger partial charge on any atom is 0.249 e. The molecule has 17 heavy (non-hydrogen) atoms. The maximum atomic E-state index is 11.8. The van der Waals surface area contributed by atoms with E-state index in [2.05, 4.69) is 5.32 Å². The van der Waals surface area contributed by atoms with Gasteiger partial charge >= 0.3 is 0 Å². The van der Waals surface area contributed by atoms with Crippen molar-refractivity contribution in [2.75, 3.05) is 6.54 Å². The Hall–Kier alpha value is -0.610. The van der Waals surface area contributed by atoms with Gasteiger partial charge in [-0.3, -0.25) is 4.79 Å².